The zero-order chi connectivity index (χ0) is 18.9. The van der Waals surface area contributed by atoms with Gasteiger partial charge in [0.2, 0.25) is 0 Å². The van der Waals surface area contributed by atoms with E-state index < -0.39 is 12.0 Å². The summed E-state index contributed by atoms with van der Waals surface area (Å²) >= 11 is 1.21. The number of aryl methyl sites for hydroxylation is 1. The summed E-state index contributed by atoms with van der Waals surface area (Å²) in [5.41, 5.74) is 1.89. The number of carboxylic acids is 1. The maximum absolute atomic E-state index is 12.1. The Kier molecular flexibility index (Phi) is 7.10. The summed E-state index contributed by atoms with van der Waals surface area (Å²) in [4.78, 5) is 38.3. The lowest BCUT2D eigenvalue weighted by molar-refractivity contribution is -0.142. The molecule has 0 aliphatic carbocycles. The number of hydrogen-bond donors (Lipinski definition) is 3. The molecule has 0 bridgehead atoms. The van der Waals surface area contributed by atoms with E-state index in [1.54, 1.807) is 36.6 Å². The van der Waals surface area contributed by atoms with Gasteiger partial charge in [0.25, 0.3) is 0 Å². The van der Waals surface area contributed by atoms with Gasteiger partial charge in [-0.1, -0.05) is 12.1 Å². The molecule has 0 unspecified atom stereocenters. The Labute approximate surface area is 154 Å². The van der Waals surface area contributed by atoms with Crippen molar-refractivity contribution < 1.29 is 24.2 Å². The molecule has 9 heteroatoms. The van der Waals surface area contributed by atoms with Gasteiger partial charge in [-0.25, -0.2) is 9.78 Å². The number of benzene rings is 1. The molecule has 0 saturated carbocycles. The molecule has 0 atom stereocenters. The van der Waals surface area contributed by atoms with Crippen LogP contribution in [-0.4, -0.2) is 34.7 Å². The van der Waals surface area contributed by atoms with Crippen LogP contribution in [0.5, 0.6) is 0 Å². The summed E-state index contributed by atoms with van der Waals surface area (Å²) in [6, 6.07) is 6.49. The van der Waals surface area contributed by atoms with Gasteiger partial charge < -0.3 is 15.2 Å². The van der Waals surface area contributed by atoms with Crippen molar-refractivity contribution in [3.63, 3.8) is 0 Å². The Morgan fingerprint density at radius 3 is 2.81 bits per heavy atom. The van der Waals surface area contributed by atoms with Crippen molar-refractivity contribution in [1.29, 1.82) is 0 Å². The van der Waals surface area contributed by atoms with Gasteiger partial charge in [0.05, 0.1) is 18.7 Å². The van der Waals surface area contributed by atoms with E-state index in [4.69, 9.17) is 9.84 Å². The molecule has 0 spiro atoms. The first-order chi connectivity index (χ1) is 12.5. The third-order valence-electron chi connectivity index (χ3n) is 3.22. The van der Waals surface area contributed by atoms with Crippen LogP contribution in [0.1, 0.15) is 24.6 Å². The molecular formula is C17H19N3O5S. The number of esters is 1. The Bertz CT molecular complexity index is 790. The number of nitrogens with one attached hydrogen (secondary N) is 2. The van der Waals surface area contributed by atoms with Gasteiger partial charge in [-0.3, -0.25) is 14.9 Å². The van der Waals surface area contributed by atoms with Gasteiger partial charge in [-0.15, -0.1) is 11.3 Å². The molecule has 2 rings (SSSR count). The first-order valence-electron chi connectivity index (χ1n) is 7.95. The van der Waals surface area contributed by atoms with Crippen LogP contribution in [-0.2, 0) is 27.2 Å². The van der Waals surface area contributed by atoms with Crippen LogP contribution >= 0.6 is 11.3 Å². The molecule has 1 aromatic heterocycles. The zero-order valence-corrected chi connectivity index (χ0v) is 15.0. The monoisotopic (exact) mass is 377 g/mol. The van der Waals surface area contributed by atoms with Crippen molar-refractivity contribution in [2.75, 3.05) is 17.2 Å². The fourth-order valence-electron chi connectivity index (χ4n) is 2.12. The predicted molar refractivity (Wildman–Crippen MR) is 97.5 cm³/mol. The Morgan fingerprint density at radius 2 is 2.08 bits per heavy atom. The van der Waals surface area contributed by atoms with E-state index in [-0.39, 0.29) is 18.8 Å². The van der Waals surface area contributed by atoms with Crippen LogP contribution in [0.2, 0.25) is 0 Å². The summed E-state index contributed by atoms with van der Waals surface area (Å²) in [5.74, 6) is -1.24. The minimum atomic E-state index is -0.872. The average Bonchev–Trinajstić information content (AvgIpc) is 3.00. The lowest BCUT2D eigenvalue weighted by atomic mass is 10.1. The van der Waals surface area contributed by atoms with E-state index in [1.807, 2.05) is 0 Å². The normalized spacial score (nSPS) is 10.2. The van der Waals surface area contributed by atoms with Gasteiger partial charge in [0, 0.05) is 17.5 Å². The van der Waals surface area contributed by atoms with E-state index >= 15 is 0 Å². The molecule has 2 aromatic rings. The molecule has 8 nitrogen and oxygen atoms in total. The van der Waals surface area contributed by atoms with Gasteiger partial charge in [-0.05, 0) is 31.0 Å². The van der Waals surface area contributed by atoms with E-state index in [9.17, 15) is 14.4 Å². The first kappa shape index (κ1) is 19.4. The zero-order valence-electron chi connectivity index (χ0n) is 14.2. The maximum atomic E-state index is 12.1. The maximum Gasteiger partial charge on any atom is 0.325 e. The highest BCUT2D eigenvalue weighted by molar-refractivity contribution is 7.13. The smallest absolute Gasteiger partial charge is 0.325 e. The number of rotatable bonds is 8. The van der Waals surface area contributed by atoms with Crippen molar-refractivity contribution in [3.05, 3.63) is 40.9 Å². The SMILES string of the molecule is CCOC(=O)Cc1csc(NC(=O)Nc2cccc(CCC(=O)O)c2)n1. The minimum Gasteiger partial charge on any atom is -0.481 e. The first-order valence-corrected chi connectivity index (χ1v) is 8.83. The molecule has 1 aromatic carbocycles. The van der Waals surface area contributed by atoms with Crippen molar-refractivity contribution in [3.8, 4) is 0 Å². The highest BCUT2D eigenvalue weighted by Gasteiger charge is 2.11. The number of nitrogens with zero attached hydrogens (tertiary/aromatic N) is 1. The van der Waals surface area contributed by atoms with Crippen LogP contribution in [0.15, 0.2) is 29.6 Å². The molecule has 138 valence electrons. The van der Waals surface area contributed by atoms with Crippen molar-refractivity contribution in [2.24, 2.45) is 0 Å². The average molecular weight is 377 g/mol. The largest absolute Gasteiger partial charge is 0.481 e. The number of ether oxygens (including phenoxy) is 1. The van der Waals surface area contributed by atoms with Crippen LogP contribution in [0.3, 0.4) is 0 Å². The topological polar surface area (TPSA) is 118 Å². The van der Waals surface area contributed by atoms with Crippen LogP contribution in [0.25, 0.3) is 0 Å². The second-order valence-corrected chi connectivity index (χ2v) is 6.16. The molecule has 2 amide bonds. The summed E-state index contributed by atoms with van der Waals surface area (Å²) in [5, 5.41) is 16.0. The molecule has 3 N–H and O–H groups in total. The molecule has 0 aliphatic rings. The lowest BCUT2D eigenvalue weighted by Crippen LogP contribution is -2.19. The third kappa shape index (κ3) is 6.52. The number of amides is 2. The van der Waals surface area contributed by atoms with Crippen molar-refractivity contribution in [2.45, 2.75) is 26.2 Å². The summed E-state index contributed by atoms with van der Waals surface area (Å²) in [6.07, 6.45) is 0.466. The quantitative estimate of drug-likeness (QED) is 0.609. The Hall–Kier alpha value is -2.94. The molecule has 1 heterocycles. The predicted octanol–water partition coefficient (Wildman–Crippen LogP) is 2.91. The highest BCUT2D eigenvalue weighted by atomic mass is 32.1. The second kappa shape index (κ2) is 9.52. The standard InChI is InChI=1S/C17H19N3O5S/c1-2-25-15(23)9-13-10-26-17(19-13)20-16(24)18-12-5-3-4-11(8-12)6-7-14(21)22/h3-5,8,10H,2,6-7,9H2,1H3,(H,21,22)(H2,18,19,20,24). The summed E-state index contributed by atoms with van der Waals surface area (Å²) in [6.45, 7) is 2.04. The number of aliphatic carboxylic acids is 1. The summed E-state index contributed by atoms with van der Waals surface area (Å²) < 4.78 is 4.85. The van der Waals surface area contributed by atoms with E-state index in [2.05, 4.69) is 15.6 Å². The van der Waals surface area contributed by atoms with E-state index in [0.29, 0.717) is 29.5 Å². The molecule has 26 heavy (non-hydrogen) atoms. The fourth-order valence-corrected chi connectivity index (χ4v) is 2.83. The number of urea groups is 1. The summed E-state index contributed by atoms with van der Waals surface area (Å²) in [7, 11) is 0. The number of carbonyl (C=O) groups is 3. The Balaban J connectivity index is 1.88. The van der Waals surface area contributed by atoms with Crippen LogP contribution < -0.4 is 10.6 Å². The number of anilines is 2. The molecule has 0 aliphatic heterocycles. The molecular weight excluding hydrogens is 358 g/mol. The third-order valence-corrected chi connectivity index (χ3v) is 4.02. The highest BCUT2D eigenvalue weighted by Crippen LogP contribution is 2.17. The number of aromatic nitrogens is 1. The number of thiazole rings is 1. The van der Waals surface area contributed by atoms with Gasteiger partial charge >= 0.3 is 18.0 Å². The van der Waals surface area contributed by atoms with Gasteiger partial charge in [0.15, 0.2) is 5.13 Å². The lowest BCUT2D eigenvalue weighted by Gasteiger charge is -2.07. The molecule has 0 saturated heterocycles. The van der Waals surface area contributed by atoms with Gasteiger partial charge in [0.1, 0.15) is 0 Å². The minimum absolute atomic E-state index is 0.0258. The fraction of sp³-hybridized carbons (Fsp3) is 0.294. The number of carboxylic acid groups (broad SMARTS) is 1. The Morgan fingerprint density at radius 1 is 1.27 bits per heavy atom. The van der Waals surface area contributed by atoms with Crippen molar-refractivity contribution in [1.82, 2.24) is 4.98 Å². The second-order valence-electron chi connectivity index (χ2n) is 5.30. The van der Waals surface area contributed by atoms with Crippen LogP contribution in [0.4, 0.5) is 15.6 Å². The van der Waals surface area contributed by atoms with Crippen molar-refractivity contribution >= 4 is 40.1 Å². The van der Waals surface area contributed by atoms with E-state index in [1.165, 1.54) is 11.3 Å². The molecule has 0 fully saturated rings. The van der Waals surface area contributed by atoms with Crippen LogP contribution in [0, 0.1) is 0 Å². The van der Waals surface area contributed by atoms with E-state index in [0.717, 1.165) is 5.56 Å². The number of carbonyl (C=O) groups excluding carboxylic acids is 2. The number of hydrogen-bond acceptors (Lipinski definition) is 6. The van der Waals surface area contributed by atoms with Gasteiger partial charge in [-0.2, -0.15) is 0 Å². The molecule has 0 radical (unpaired) electrons.